The molecule has 0 fully saturated rings. The van der Waals surface area contributed by atoms with Gasteiger partial charge in [-0.25, -0.2) is 8.78 Å². The van der Waals surface area contributed by atoms with Gasteiger partial charge in [-0.1, -0.05) is 0 Å². The Labute approximate surface area is 80.7 Å². The molecule has 0 radical (unpaired) electrons. The SMILES string of the molecule is COc1c(F)cc([C@H](N)CN)cc1F. The minimum atomic E-state index is -0.772. The van der Waals surface area contributed by atoms with Crippen molar-refractivity contribution in [1.82, 2.24) is 0 Å². The number of rotatable bonds is 3. The van der Waals surface area contributed by atoms with Gasteiger partial charge in [0, 0.05) is 12.6 Å². The Bertz CT molecular complexity index is 308. The van der Waals surface area contributed by atoms with Crippen molar-refractivity contribution in [2.45, 2.75) is 6.04 Å². The lowest BCUT2D eigenvalue weighted by molar-refractivity contribution is 0.359. The first kappa shape index (κ1) is 10.9. The topological polar surface area (TPSA) is 61.3 Å². The zero-order valence-corrected chi connectivity index (χ0v) is 7.76. The van der Waals surface area contributed by atoms with E-state index < -0.39 is 23.4 Å². The van der Waals surface area contributed by atoms with Crippen LogP contribution in [0.5, 0.6) is 5.75 Å². The van der Waals surface area contributed by atoms with Crippen LogP contribution >= 0.6 is 0 Å². The van der Waals surface area contributed by atoms with Gasteiger partial charge >= 0.3 is 0 Å². The quantitative estimate of drug-likeness (QED) is 0.766. The van der Waals surface area contributed by atoms with Crippen molar-refractivity contribution >= 4 is 0 Å². The summed E-state index contributed by atoms with van der Waals surface area (Å²) in [6.45, 7) is 0.130. The summed E-state index contributed by atoms with van der Waals surface area (Å²) in [5, 5.41) is 0. The van der Waals surface area contributed by atoms with Crippen molar-refractivity contribution in [2.75, 3.05) is 13.7 Å². The van der Waals surface area contributed by atoms with E-state index in [1.54, 1.807) is 0 Å². The van der Waals surface area contributed by atoms with Crippen molar-refractivity contribution in [1.29, 1.82) is 0 Å². The molecule has 0 aliphatic rings. The molecule has 0 aliphatic carbocycles. The average Bonchev–Trinajstić information content (AvgIpc) is 2.16. The van der Waals surface area contributed by atoms with Gasteiger partial charge < -0.3 is 16.2 Å². The van der Waals surface area contributed by atoms with E-state index in [1.165, 1.54) is 7.11 Å². The fourth-order valence-corrected chi connectivity index (χ4v) is 1.12. The minimum absolute atomic E-state index is 0.130. The Morgan fingerprint density at radius 1 is 1.36 bits per heavy atom. The van der Waals surface area contributed by atoms with E-state index in [4.69, 9.17) is 11.5 Å². The lowest BCUT2D eigenvalue weighted by Crippen LogP contribution is -2.21. The summed E-state index contributed by atoms with van der Waals surface area (Å²) in [7, 11) is 1.20. The number of hydrogen-bond acceptors (Lipinski definition) is 3. The molecule has 0 spiro atoms. The van der Waals surface area contributed by atoms with Crippen molar-refractivity contribution in [2.24, 2.45) is 11.5 Å². The van der Waals surface area contributed by atoms with Gasteiger partial charge in [0.15, 0.2) is 17.4 Å². The molecule has 0 saturated heterocycles. The molecular formula is C9H12F2N2O. The number of methoxy groups -OCH3 is 1. The van der Waals surface area contributed by atoms with Crippen LogP contribution < -0.4 is 16.2 Å². The van der Waals surface area contributed by atoms with Crippen LogP contribution in [0.25, 0.3) is 0 Å². The highest BCUT2D eigenvalue weighted by Gasteiger charge is 2.14. The summed E-state index contributed by atoms with van der Waals surface area (Å²) in [4.78, 5) is 0. The maximum Gasteiger partial charge on any atom is 0.190 e. The number of hydrogen-bond donors (Lipinski definition) is 2. The molecule has 0 saturated carbocycles. The predicted molar refractivity (Wildman–Crippen MR) is 48.9 cm³/mol. The molecule has 1 rings (SSSR count). The standard InChI is InChI=1S/C9H12F2N2O/c1-14-9-6(10)2-5(3-7(9)11)8(13)4-12/h2-3,8H,4,12-13H2,1H3/t8-/m1/s1. The molecule has 0 aromatic heterocycles. The van der Waals surface area contributed by atoms with Crippen LogP contribution in [0.4, 0.5) is 8.78 Å². The predicted octanol–water partition coefficient (Wildman–Crippen LogP) is 0.932. The normalized spacial score (nSPS) is 12.6. The fourth-order valence-electron chi connectivity index (χ4n) is 1.12. The number of benzene rings is 1. The van der Waals surface area contributed by atoms with Crippen LogP contribution in [0.15, 0.2) is 12.1 Å². The van der Waals surface area contributed by atoms with Crippen molar-refractivity contribution in [3.8, 4) is 5.75 Å². The van der Waals surface area contributed by atoms with Gasteiger partial charge in [0.1, 0.15) is 0 Å². The summed E-state index contributed by atoms with van der Waals surface area (Å²) in [6.07, 6.45) is 0. The second-order valence-electron chi connectivity index (χ2n) is 2.86. The third kappa shape index (κ3) is 2.00. The molecule has 0 bridgehead atoms. The molecule has 0 amide bonds. The number of nitrogens with two attached hydrogens (primary N) is 2. The van der Waals surface area contributed by atoms with Gasteiger partial charge in [-0.2, -0.15) is 0 Å². The molecule has 0 heterocycles. The van der Waals surface area contributed by atoms with E-state index in [-0.39, 0.29) is 6.54 Å². The molecule has 1 aromatic rings. The van der Waals surface area contributed by atoms with Crippen LogP contribution in [-0.4, -0.2) is 13.7 Å². The maximum atomic E-state index is 13.1. The second-order valence-corrected chi connectivity index (χ2v) is 2.86. The highest BCUT2D eigenvalue weighted by molar-refractivity contribution is 5.32. The molecule has 1 aromatic carbocycles. The van der Waals surface area contributed by atoms with Gasteiger partial charge in [0.2, 0.25) is 0 Å². The molecular weight excluding hydrogens is 190 g/mol. The third-order valence-electron chi connectivity index (χ3n) is 1.91. The molecule has 3 nitrogen and oxygen atoms in total. The van der Waals surface area contributed by atoms with Gasteiger partial charge in [0.25, 0.3) is 0 Å². The van der Waals surface area contributed by atoms with E-state index in [1.807, 2.05) is 0 Å². The summed E-state index contributed by atoms with van der Waals surface area (Å²) in [5.74, 6) is -1.95. The minimum Gasteiger partial charge on any atom is -0.491 e. The summed E-state index contributed by atoms with van der Waals surface area (Å²) in [6, 6.07) is 1.68. The van der Waals surface area contributed by atoms with Crippen molar-refractivity contribution in [3.05, 3.63) is 29.3 Å². The Balaban J connectivity index is 3.13. The zero-order valence-electron chi connectivity index (χ0n) is 7.76. The summed E-state index contributed by atoms with van der Waals surface area (Å²) in [5.41, 5.74) is 11.1. The highest BCUT2D eigenvalue weighted by atomic mass is 19.1. The maximum absolute atomic E-state index is 13.1. The smallest absolute Gasteiger partial charge is 0.190 e. The Kier molecular flexibility index (Phi) is 3.38. The molecule has 5 heteroatoms. The molecule has 1 atom stereocenters. The van der Waals surface area contributed by atoms with Gasteiger partial charge in [0.05, 0.1) is 7.11 Å². The van der Waals surface area contributed by atoms with Gasteiger partial charge in [-0.15, -0.1) is 0 Å². The molecule has 78 valence electrons. The lowest BCUT2D eigenvalue weighted by atomic mass is 10.1. The summed E-state index contributed by atoms with van der Waals surface area (Å²) >= 11 is 0. The van der Waals surface area contributed by atoms with E-state index in [2.05, 4.69) is 4.74 Å². The Morgan fingerprint density at radius 3 is 2.21 bits per heavy atom. The Morgan fingerprint density at radius 2 is 1.86 bits per heavy atom. The third-order valence-corrected chi connectivity index (χ3v) is 1.91. The van der Waals surface area contributed by atoms with E-state index >= 15 is 0 Å². The zero-order chi connectivity index (χ0) is 10.7. The van der Waals surface area contributed by atoms with Crippen LogP contribution in [0.3, 0.4) is 0 Å². The van der Waals surface area contributed by atoms with Crippen molar-refractivity contribution < 1.29 is 13.5 Å². The fraction of sp³-hybridized carbons (Fsp3) is 0.333. The first-order chi connectivity index (χ1) is 6.60. The number of halogens is 2. The van der Waals surface area contributed by atoms with Crippen LogP contribution in [-0.2, 0) is 0 Å². The summed E-state index contributed by atoms with van der Waals surface area (Å²) < 4.78 is 30.8. The van der Waals surface area contributed by atoms with Crippen LogP contribution in [0.2, 0.25) is 0 Å². The second kappa shape index (κ2) is 4.34. The van der Waals surface area contributed by atoms with Crippen LogP contribution in [0.1, 0.15) is 11.6 Å². The molecule has 14 heavy (non-hydrogen) atoms. The van der Waals surface area contributed by atoms with Gasteiger partial charge in [-0.3, -0.25) is 0 Å². The van der Waals surface area contributed by atoms with Crippen LogP contribution in [0, 0.1) is 11.6 Å². The first-order valence-corrected chi connectivity index (χ1v) is 4.08. The average molecular weight is 202 g/mol. The highest BCUT2D eigenvalue weighted by Crippen LogP contribution is 2.24. The lowest BCUT2D eigenvalue weighted by Gasteiger charge is -2.11. The first-order valence-electron chi connectivity index (χ1n) is 4.08. The van der Waals surface area contributed by atoms with E-state index in [0.717, 1.165) is 12.1 Å². The van der Waals surface area contributed by atoms with E-state index in [9.17, 15) is 8.78 Å². The largest absolute Gasteiger partial charge is 0.491 e. The molecule has 4 N–H and O–H groups in total. The Hall–Kier alpha value is -1.20. The van der Waals surface area contributed by atoms with Crippen molar-refractivity contribution in [3.63, 3.8) is 0 Å². The number of ether oxygens (including phenoxy) is 1. The molecule has 0 unspecified atom stereocenters. The van der Waals surface area contributed by atoms with E-state index in [0.29, 0.717) is 5.56 Å². The monoisotopic (exact) mass is 202 g/mol. The molecule has 0 aliphatic heterocycles. The van der Waals surface area contributed by atoms with Gasteiger partial charge in [-0.05, 0) is 17.7 Å².